The monoisotopic (exact) mass is 276 g/mol. The highest BCUT2D eigenvalue weighted by Crippen LogP contribution is 2.21. The largest absolute Gasteiger partial charge is 0.383 e. The fourth-order valence-corrected chi connectivity index (χ4v) is 1.77. The molecule has 0 fully saturated rings. The van der Waals surface area contributed by atoms with Crippen LogP contribution in [-0.2, 0) is 11.3 Å². The molecule has 0 aliphatic rings. The van der Waals surface area contributed by atoms with E-state index in [0.29, 0.717) is 30.9 Å². The van der Waals surface area contributed by atoms with Gasteiger partial charge in [-0.25, -0.2) is 13.2 Å². The number of benzene rings is 1. The first-order valence-corrected chi connectivity index (χ1v) is 6.02. The number of nitrogens with one attached hydrogen (secondary N) is 1. The maximum atomic E-state index is 13.2. The zero-order valence-corrected chi connectivity index (χ0v) is 11.1. The van der Waals surface area contributed by atoms with Crippen LogP contribution in [0.3, 0.4) is 0 Å². The lowest BCUT2D eigenvalue weighted by atomic mass is 10.1. The Morgan fingerprint density at radius 2 is 2.11 bits per heavy atom. The van der Waals surface area contributed by atoms with E-state index >= 15 is 0 Å². The molecule has 0 radical (unpaired) electrons. The minimum Gasteiger partial charge on any atom is -0.383 e. The van der Waals surface area contributed by atoms with Crippen molar-refractivity contribution in [3.63, 3.8) is 0 Å². The van der Waals surface area contributed by atoms with Gasteiger partial charge in [-0.15, -0.1) is 0 Å². The molecule has 0 bridgehead atoms. The molecule has 0 spiro atoms. The van der Waals surface area contributed by atoms with Crippen molar-refractivity contribution in [1.29, 1.82) is 0 Å². The van der Waals surface area contributed by atoms with Crippen molar-refractivity contribution in [3.05, 3.63) is 29.6 Å². The maximum absolute atomic E-state index is 13.2. The Labute approximate surface area is 111 Å². The molecule has 6 heteroatoms. The Balaban J connectivity index is 2.73. The second kappa shape index (κ2) is 8.01. The van der Waals surface area contributed by atoms with Gasteiger partial charge >= 0.3 is 0 Å². The number of halogens is 3. The van der Waals surface area contributed by atoms with Crippen molar-refractivity contribution in [2.24, 2.45) is 0 Å². The van der Waals surface area contributed by atoms with E-state index in [1.807, 2.05) is 0 Å². The van der Waals surface area contributed by atoms with Gasteiger partial charge in [0.25, 0.3) is 6.43 Å². The molecular formula is C13H19F3N2O. The van der Waals surface area contributed by atoms with E-state index in [1.54, 1.807) is 14.2 Å². The molecule has 1 rings (SSSR count). The van der Waals surface area contributed by atoms with Crippen LogP contribution in [0.1, 0.15) is 5.56 Å². The minimum absolute atomic E-state index is 0.377. The molecule has 1 aromatic rings. The van der Waals surface area contributed by atoms with Gasteiger partial charge in [0.2, 0.25) is 0 Å². The number of ether oxygens (including phenoxy) is 1. The molecule has 0 saturated carbocycles. The van der Waals surface area contributed by atoms with Crippen molar-refractivity contribution >= 4 is 5.69 Å². The normalized spacial score (nSPS) is 11.1. The van der Waals surface area contributed by atoms with Crippen LogP contribution in [0, 0.1) is 5.82 Å². The van der Waals surface area contributed by atoms with Crippen molar-refractivity contribution in [2.45, 2.75) is 13.0 Å². The molecule has 19 heavy (non-hydrogen) atoms. The summed E-state index contributed by atoms with van der Waals surface area (Å²) in [6.07, 6.45) is -2.43. The zero-order valence-electron chi connectivity index (χ0n) is 11.1. The Morgan fingerprint density at radius 1 is 1.37 bits per heavy atom. The molecule has 0 amide bonds. The van der Waals surface area contributed by atoms with E-state index in [0.717, 1.165) is 0 Å². The molecule has 108 valence electrons. The summed E-state index contributed by atoms with van der Waals surface area (Å²) in [7, 11) is 3.16. The van der Waals surface area contributed by atoms with Crippen LogP contribution >= 0.6 is 0 Å². The number of alkyl halides is 2. The quantitative estimate of drug-likeness (QED) is 0.737. The Morgan fingerprint density at radius 3 is 2.74 bits per heavy atom. The van der Waals surface area contributed by atoms with Crippen LogP contribution in [0.25, 0.3) is 0 Å². The van der Waals surface area contributed by atoms with Crippen molar-refractivity contribution in [2.75, 3.05) is 38.8 Å². The van der Waals surface area contributed by atoms with E-state index < -0.39 is 6.43 Å². The van der Waals surface area contributed by atoms with Crippen molar-refractivity contribution < 1.29 is 17.9 Å². The van der Waals surface area contributed by atoms with Gasteiger partial charge in [-0.3, -0.25) is 0 Å². The van der Waals surface area contributed by atoms with Crippen LogP contribution in [0.4, 0.5) is 18.9 Å². The third-order valence-corrected chi connectivity index (χ3v) is 2.66. The highest BCUT2D eigenvalue weighted by molar-refractivity contribution is 5.53. The van der Waals surface area contributed by atoms with Gasteiger partial charge in [0.05, 0.1) is 13.2 Å². The third-order valence-electron chi connectivity index (χ3n) is 2.66. The van der Waals surface area contributed by atoms with Gasteiger partial charge in [0, 0.05) is 32.9 Å². The average Bonchev–Trinajstić information content (AvgIpc) is 2.34. The molecule has 0 atom stereocenters. The molecule has 0 aliphatic heterocycles. The number of hydrogen-bond acceptors (Lipinski definition) is 3. The Bertz CT molecular complexity index is 388. The van der Waals surface area contributed by atoms with Crippen LogP contribution < -0.4 is 10.2 Å². The van der Waals surface area contributed by atoms with Crippen LogP contribution in [0.15, 0.2) is 18.2 Å². The molecule has 0 aliphatic carbocycles. The maximum Gasteiger partial charge on any atom is 0.255 e. The Kier molecular flexibility index (Phi) is 6.66. The van der Waals surface area contributed by atoms with Gasteiger partial charge in [-0.2, -0.15) is 0 Å². The summed E-state index contributed by atoms with van der Waals surface area (Å²) in [6, 6.07) is 4.15. The van der Waals surface area contributed by atoms with Gasteiger partial charge in [0.15, 0.2) is 0 Å². The van der Waals surface area contributed by atoms with E-state index in [9.17, 15) is 13.2 Å². The Hall–Kier alpha value is -1.27. The summed E-state index contributed by atoms with van der Waals surface area (Å²) >= 11 is 0. The molecule has 0 aromatic heterocycles. The minimum atomic E-state index is -2.43. The molecule has 1 N–H and O–H groups in total. The second-order valence-corrected chi connectivity index (χ2v) is 4.21. The third kappa shape index (κ3) is 5.48. The number of hydrogen-bond donors (Lipinski definition) is 1. The SMILES string of the molecule is COCCNCc1cc(F)ccc1N(C)CC(F)F. The molecule has 1 aromatic carbocycles. The predicted molar refractivity (Wildman–Crippen MR) is 69.3 cm³/mol. The van der Waals surface area contributed by atoms with Gasteiger partial charge < -0.3 is 15.0 Å². The zero-order chi connectivity index (χ0) is 14.3. The summed E-state index contributed by atoms with van der Waals surface area (Å²) in [5.41, 5.74) is 1.26. The van der Waals surface area contributed by atoms with E-state index in [1.165, 1.54) is 23.1 Å². The van der Waals surface area contributed by atoms with Crippen molar-refractivity contribution in [1.82, 2.24) is 5.32 Å². The highest BCUT2D eigenvalue weighted by atomic mass is 19.3. The van der Waals surface area contributed by atoms with E-state index in [2.05, 4.69) is 5.32 Å². The number of anilines is 1. The summed E-state index contributed by atoms with van der Waals surface area (Å²) in [5.74, 6) is -0.377. The fraction of sp³-hybridized carbons (Fsp3) is 0.538. The van der Waals surface area contributed by atoms with Crippen LogP contribution in [0.2, 0.25) is 0 Å². The number of nitrogens with zero attached hydrogens (tertiary/aromatic N) is 1. The fourth-order valence-electron chi connectivity index (χ4n) is 1.77. The molecular weight excluding hydrogens is 257 g/mol. The van der Waals surface area contributed by atoms with Gasteiger partial charge in [-0.1, -0.05) is 0 Å². The standard InChI is InChI=1S/C13H19F3N2O/c1-18(9-13(15)16)12-4-3-11(14)7-10(12)8-17-5-6-19-2/h3-4,7,13,17H,5-6,8-9H2,1-2H3. The lowest BCUT2D eigenvalue weighted by Crippen LogP contribution is -2.26. The second-order valence-electron chi connectivity index (χ2n) is 4.21. The van der Waals surface area contributed by atoms with Crippen LogP contribution in [0.5, 0.6) is 0 Å². The van der Waals surface area contributed by atoms with Crippen molar-refractivity contribution in [3.8, 4) is 0 Å². The van der Waals surface area contributed by atoms with Crippen LogP contribution in [-0.4, -0.2) is 40.3 Å². The topological polar surface area (TPSA) is 24.5 Å². The summed E-state index contributed by atoms with van der Waals surface area (Å²) in [4.78, 5) is 1.43. The smallest absolute Gasteiger partial charge is 0.255 e. The first-order chi connectivity index (χ1) is 9.04. The first kappa shape index (κ1) is 15.8. The average molecular weight is 276 g/mol. The van der Waals surface area contributed by atoms with E-state index in [4.69, 9.17) is 4.74 Å². The van der Waals surface area contributed by atoms with Gasteiger partial charge in [-0.05, 0) is 23.8 Å². The summed E-state index contributed by atoms with van der Waals surface area (Å²) < 4.78 is 42.9. The summed E-state index contributed by atoms with van der Waals surface area (Å²) in [6.45, 7) is 1.18. The molecule has 0 unspecified atom stereocenters. The molecule has 0 saturated heterocycles. The number of methoxy groups -OCH3 is 1. The summed E-state index contributed by atoms with van der Waals surface area (Å²) in [5, 5.41) is 3.07. The number of rotatable bonds is 8. The predicted octanol–water partition coefficient (Wildman–Crippen LogP) is 2.26. The molecule has 3 nitrogen and oxygen atoms in total. The highest BCUT2D eigenvalue weighted by Gasteiger charge is 2.12. The van der Waals surface area contributed by atoms with E-state index in [-0.39, 0.29) is 12.4 Å². The first-order valence-electron chi connectivity index (χ1n) is 6.02. The lowest BCUT2D eigenvalue weighted by molar-refractivity contribution is 0.156. The lowest BCUT2D eigenvalue weighted by Gasteiger charge is -2.22. The van der Waals surface area contributed by atoms with Gasteiger partial charge in [0.1, 0.15) is 5.82 Å². The molecule has 0 heterocycles.